The van der Waals surface area contributed by atoms with Crippen LogP contribution < -0.4 is 10.6 Å². The van der Waals surface area contributed by atoms with Crippen LogP contribution in [0.4, 0.5) is 4.39 Å². The zero-order chi connectivity index (χ0) is 21.3. The molecule has 0 saturated carbocycles. The summed E-state index contributed by atoms with van der Waals surface area (Å²) < 4.78 is 18.7. The number of rotatable bonds is 8. The van der Waals surface area contributed by atoms with Crippen LogP contribution in [0.2, 0.25) is 0 Å². The first kappa shape index (κ1) is 22.0. The van der Waals surface area contributed by atoms with E-state index in [0.29, 0.717) is 12.5 Å². The van der Waals surface area contributed by atoms with Crippen molar-refractivity contribution in [2.45, 2.75) is 6.42 Å². The molecule has 0 spiro atoms. The van der Waals surface area contributed by atoms with Crippen LogP contribution in [0.15, 0.2) is 29.4 Å². The number of aliphatic imine (C=N–C) groups is 1. The highest BCUT2D eigenvalue weighted by atomic mass is 19.1. The second-order valence-electron chi connectivity index (χ2n) is 7.51. The summed E-state index contributed by atoms with van der Waals surface area (Å²) in [6.07, 6.45) is 2.65. The van der Waals surface area contributed by atoms with Crippen LogP contribution in [0, 0.1) is 5.82 Å². The molecule has 9 heteroatoms. The van der Waals surface area contributed by atoms with Gasteiger partial charge in [-0.3, -0.25) is 9.69 Å². The molecule has 30 heavy (non-hydrogen) atoms. The molecule has 1 aliphatic rings. The van der Waals surface area contributed by atoms with Crippen LogP contribution in [-0.2, 0) is 16.0 Å². The summed E-state index contributed by atoms with van der Waals surface area (Å²) >= 11 is 0. The summed E-state index contributed by atoms with van der Waals surface area (Å²) in [5, 5.41) is 7.63. The van der Waals surface area contributed by atoms with Gasteiger partial charge in [-0.15, -0.1) is 0 Å². The Hall–Kier alpha value is -2.65. The number of fused-ring (bicyclic) bond motifs is 1. The second kappa shape index (κ2) is 10.9. The number of nitrogens with zero attached hydrogens (tertiary/aromatic N) is 3. The van der Waals surface area contributed by atoms with E-state index in [1.54, 1.807) is 20.2 Å². The van der Waals surface area contributed by atoms with Gasteiger partial charge < -0.3 is 25.3 Å². The zero-order valence-electron chi connectivity index (χ0n) is 17.7. The topological polar surface area (TPSA) is 85.0 Å². The number of nitrogens with one attached hydrogen (secondary N) is 3. The monoisotopic (exact) mass is 418 g/mol. The van der Waals surface area contributed by atoms with Crippen molar-refractivity contribution < 1.29 is 13.9 Å². The van der Waals surface area contributed by atoms with Crippen molar-refractivity contribution in [3.8, 4) is 0 Å². The number of aromatic nitrogens is 1. The third-order valence-electron chi connectivity index (χ3n) is 5.11. The summed E-state index contributed by atoms with van der Waals surface area (Å²) in [6, 6.07) is 4.76. The van der Waals surface area contributed by atoms with Gasteiger partial charge >= 0.3 is 0 Å². The molecular formula is C21H31FN6O2. The Morgan fingerprint density at radius 3 is 2.80 bits per heavy atom. The number of halogens is 1. The van der Waals surface area contributed by atoms with Crippen molar-refractivity contribution in [3.05, 3.63) is 35.8 Å². The Morgan fingerprint density at radius 2 is 2.03 bits per heavy atom. The predicted octanol–water partition coefficient (Wildman–Crippen LogP) is 0.805. The number of morpholine rings is 1. The van der Waals surface area contributed by atoms with Gasteiger partial charge in [0.2, 0.25) is 5.91 Å². The minimum Gasteiger partial charge on any atom is -0.379 e. The van der Waals surface area contributed by atoms with Crippen LogP contribution >= 0.6 is 0 Å². The summed E-state index contributed by atoms with van der Waals surface area (Å²) in [7, 11) is 3.44. The molecule has 0 bridgehead atoms. The first-order valence-corrected chi connectivity index (χ1v) is 10.3. The molecule has 2 aromatic rings. The number of guanidine groups is 1. The molecule has 8 nitrogen and oxygen atoms in total. The highest BCUT2D eigenvalue weighted by Crippen LogP contribution is 2.19. The van der Waals surface area contributed by atoms with Crippen molar-refractivity contribution >= 4 is 22.8 Å². The molecular weight excluding hydrogens is 387 g/mol. The molecule has 1 amide bonds. The number of likely N-dealkylation sites (N-methyl/N-ethyl adjacent to an activating group) is 1. The number of aromatic amines is 1. The molecule has 3 N–H and O–H groups in total. The molecule has 0 radical (unpaired) electrons. The van der Waals surface area contributed by atoms with Crippen molar-refractivity contribution in [1.82, 2.24) is 25.4 Å². The van der Waals surface area contributed by atoms with Crippen LogP contribution in [0.5, 0.6) is 0 Å². The van der Waals surface area contributed by atoms with Gasteiger partial charge in [0.05, 0.1) is 13.2 Å². The van der Waals surface area contributed by atoms with Crippen molar-refractivity contribution in [1.29, 1.82) is 0 Å². The number of benzene rings is 1. The fourth-order valence-corrected chi connectivity index (χ4v) is 3.30. The molecule has 2 heterocycles. The summed E-state index contributed by atoms with van der Waals surface area (Å²) in [5.41, 5.74) is 1.90. The van der Waals surface area contributed by atoms with E-state index < -0.39 is 0 Å². The number of amides is 1. The molecule has 1 aliphatic heterocycles. The fourth-order valence-electron chi connectivity index (χ4n) is 3.30. The third-order valence-corrected chi connectivity index (χ3v) is 5.11. The molecule has 1 aromatic heterocycles. The van der Waals surface area contributed by atoms with E-state index in [2.05, 4.69) is 25.5 Å². The first-order valence-electron chi connectivity index (χ1n) is 10.3. The zero-order valence-corrected chi connectivity index (χ0v) is 17.7. The van der Waals surface area contributed by atoms with Gasteiger partial charge in [0, 0.05) is 63.9 Å². The fraction of sp³-hybridized carbons (Fsp3) is 0.524. The molecule has 1 aromatic carbocycles. The lowest BCUT2D eigenvalue weighted by Crippen LogP contribution is -2.45. The quantitative estimate of drug-likeness (QED) is 0.436. The Labute approximate surface area is 176 Å². The third kappa shape index (κ3) is 6.43. The van der Waals surface area contributed by atoms with Crippen molar-refractivity contribution in [3.63, 3.8) is 0 Å². The summed E-state index contributed by atoms with van der Waals surface area (Å²) in [5.74, 6) is 0.311. The molecule has 0 aliphatic carbocycles. The van der Waals surface area contributed by atoms with Gasteiger partial charge in [0.1, 0.15) is 12.4 Å². The van der Waals surface area contributed by atoms with E-state index in [4.69, 9.17) is 4.74 Å². The van der Waals surface area contributed by atoms with Gasteiger partial charge in [0.25, 0.3) is 0 Å². The minimum atomic E-state index is -0.251. The van der Waals surface area contributed by atoms with E-state index >= 15 is 0 Å². The number of carbonyl (C=O) groups is 1. The lowest BCUT2D eigenvalue weighted by molar-refractivity contribution is -0.127. The Kier molecular flexibility index (Phi) is 8.04. The molecule has 3 rings (SSSR count). The maximum Gasteiger partial charge on any atom is 0.243 e. The Bertz CT molecular complexity index is 860. The maximum atomic E-state index is 13.4. The highest BCUT2D eigenvalue weighted by molar-refractivity contribution is 5.85. The summed E-state index contributed by atoms with van der Waals surface area (Å²) in [4.78, 5) is 23.3. The van der Waals surface area contributed by atoms with E-state index in [1.165, 1.54) is 17.0 Å². The number of carbonyl (C=O) groups excluding carboxylic acids is 1. The number of hydrogen-bond donors (Lipinski definition) is 3. The smallest absolute Gasteiger partial charge is 0.243 e. The van der Waals surface area contributed by atoms with E-state index in [0.717, 1.165) is 62.3 Å². The van der Waals surface area contributed by atoms with Gasteiger partial charge in [0.15, 0.2) is 5.96 Å². The lowest BCUT2D eigenvalue weighted by Gasteiger charge is -2.26. The second-order valence-corrected chi connectivity index (χ2v) is 7.51. The minimum absolute atomic E-state index is 0.0528. The van der Waals surface area contributed by atoms with Crippen LogP contribution in [0.25, 0.3) is 10.9 Å². The SMILES string of the molecule is CN(C)C(=O)CN=C(NCCc1c[nH]c2cc(F)ccc12)NCCN1CCOCC1. The molecule has 1 saturated heterocycles. The Balaban J connectivity index is 1.53. The van der Waals surface area contributed by atoms with E-state index in [-0.39, 0.29) is 18.3 Å². The Morgan fingerprint density at radius 1 is 1.27 bits per heavy atom. The van der Waals surface area contributed by atoms with E-state index in [9.17, 15) is 9.18 Å². The standard InChI is InChI=1S/C21H31FN6O2/c1-27(2)20(29)15-26-21(24-7-8-28-9-11-30-12-10-28)23-6-5-16-14-25-19-13-17(22)3-4-18(16)19/h3-4,13-14,25H,5-12,15H2,1-2H3,(H2,23,24,26). The maximum absolute atomic E-state index is 13.4. The van der Waals surface area contributed by atoms with Crippen LogP contribution in [0.3, 0.4) is 0 Å². The van der Waals surface area contributed by atoms with Gasteiger partial charge in [-0.1, -0.05) is 0 Å². The van der Waals surface area contributed by atoms with Crippen molar-refractivity contribution in [2.24, 2.45) is 4.99 Å². The molecule has 0 atom stereocenters. The predicted molar refractivity (Wildman–Crippen MR) is 116 cm³/mol. The van der Waals surface area contributed by atoms with Gasteiger partial charge in [-0.2, -0.15) is 0 Å². The molecule has 1 fully saturated rings. The molecule has 164 valence electrons. The van der Waals surface area contributed by atoms with Gasteiger partial charge in [-0.25, -0.2) is 9.38 Å². The van der Waals surface area contributed by atoms with E-state index in [1.807, 2.05) is 6.20 Å². The number of hydrogen-bond acceptors (Lipinski definition) is 4. The largest absolute Gasteiger partial charge is 0.379 e. The normalized spacial score (nSPS) is 15.4. The van der Waals surface area contributed by atoms with Crippen LogP contribution in [0.1, 0.15) is 5.56 Å². The van der Waals surface area contributed by atoms with Crippen molar-refractivity contribution in [2.75, 3.05) is 66.6 Å². The summed E-state index contributed by atoms with van der Waals surface area (Å²) in [6.45, 7) is 5.75. The lowest BCUT2D eigenvalue weighted by atomic mass is 10.1. The number of H-pyrrole nitrogens is 1. The van der Waals surface area contributed by atoms with Crippen LogP contribution in [-0.4, -0.2) is 93.2 Å². The number of ether oxygens (including phenoxy) is 1. The highest BCUT2D eigenvalue weighted by Gasteiger charge is 2.11. The average Bonchev–Trinajstić information content (AvgIpc) is 3.14. The first-order chi connectivity index (χ1) is 14.5. The van der Waals surface area contributed by atoms with Gasteiger partial charge in [-0.05, 0) is 30.2 Å². The molecule has 0 unspecified atom stereocenters. The average molecular weight is 419 g/mol.